The standard InChI is InChI=1S/C20H17FN4O2/c21-14-3-8-17-13(12-14)2-9-18(17)25-19(26)24-15-4-6-16(7-5-15)27-20-22-10-1-11-23-20/h1,3-8,10-12,18H,2,9H2,(H2,24,25,26). The van der Waals surface area contributed by atoms with Gasteiger partial charge in [0.15, 0.2) is 0 Å². The molecular weight excluding hydrogens is 347 g/mol. The minimum absolute atomic E-state index is 0.113. The lowest BCUT2D eigenvalue weighted by Gasteiger charge is -2.15. The summed E-state index contributed by atoms with van der Waals surface area (Å²) in [7, 11) is 0. The van der Waals surface area contributed by atoms with Gasteiger partial charge in [-0.05, 0) is 66.4 Å². The Morgan fingerprint density at radius 1 is 1.11 bits per heavy atom. The summed E-state index contributed by atoms with van der Waals surface area (Å²) in [5.74, 6) is 0.320. The van der Waals surface area contributed by atoms with Crippen LogP contribution < -0.4 is 15.4 Å². The van der Waals surface area contributed by atoms with Crippen LogP contribution in [0.15, 0.2) is 60.9 Å². The fourth-order valence-corrected chi connectivity index (χ4v) is 3.11. The number of carbonyl (C=O) groups is 1. The number of hydrogen-bond donors (Lipinski definition) is 2. The first-order valence-electron chi connectivity index (χ1n) is 8.58. The summed E-state index contributed by atoms with van der Waals surface area (Å²) in [6.45, 7) is 0. The minimum Gasteiger partial charge on any atom is -0.424 e. The van der Waals surface area contributed by atoms with E-state index in [1.807, 2.05) is 0 Å². The van der Waals surface area contributed by atoms with Gasteiger partial charge in [-0.3, -0.25) is 0 Å². The number of hydrogen-bond acceptors (Lipinski definition) is 4. The van der Waals surface area contributed by atoms with Crippen LogP contribution in [0.2, 0.25) is 0 Å². The number of nitrogens with zero attached hydrogens (tertiary/aromatic N) is 2. The number of urea groups is 1. The molecule has 1 atom stereocenters. The topological polar surface area (TPSA) is 76.1 Å². The zero-order valence-electron chi connectivity index (χ0n) is 14.4. The van der Waals surface area contributed by atoms with Crippen LogP contribution in [-0.4, -0.2) is 16.0 Å². The smallest absolute Gasteiger partial charge is 0.321 e. The molecule has 136 valence electrons. The van der Waals surface area contributed by atoms with E-state index in [1.54, 1.807) is 48.8 Å². The van der Waals surface area contributed by atoms with Crippen LogP contribution >= 0.6 is 0 Å². The number of ether oxygens (including phenoxy) is 1. The van der Waals surface area contributed by atoms with Gasteiger partial charge < -0.3 is 15.4 Å². The molecule has 0 bridgehead atoms. The predicted molar refractivity (Wildman–Crippen MR) is 98.2 cm³/mol. The van der Waals surface area contributed by atoms with Gasteiger partial charge >= 0.3 is 12.0 Å². The average molecular weight is 364 g/mol. The number of nitrogens with one attached hydrogen (secondary N) is 2. The maximum atomic E-state index is 13.3. The zero-order chi connectivity index (χ0) is 18.6. The number of anilines is 1. The molecule has 0 spiro atoms. The Morgan fingerprint density at radius 2 is 1.89 bits per heavy atom. The van der Waals surface area contributed by atoms with Crippen molar-refractivity contribution in [2.24, 2.45) is 0 Å². The second kappa shape index (κ2) is 7.41. The molecule has 0 aliphatic heterocycles. The molecule has 1 aromatic heterocycles. The second-order valence-corrected chi connectivity index (χ2v) is 6.19. The van der Waals surface area contributed by atoms with Gasteiger partial charge in [-0.2, -0.15) is 0 Å². The molecule has 2 amide bonds. The van der Waals surface area contributed by atoms with E-state index >= 15 is 0 Å². The highest BCUT2D eigenvalue weighted by molar-refractivity contribution is 5.89. The molecule has 4 rings (SSSR count). The van der Waals surface area contributed by atoms with E-state index in [0.717, 1.165) is 24.0 Å². The van der Waals surface area contributed by atoms with E-state index in [0.29, 0.717) is 11.4 Å². The molecular formula is C20H17FN4O2. The van der Waals surface area contributed by atoms with Gasteiger partial charge in [-0.25, -0.2) is 19.2 Å². The van der Waals surface area contributed by atoms with Crippen molar-refractivity contribution in [3.8, 4) is 11.8 Å². The third kappa shape index (κ3) is 4.03. The summed E-state index contributed by atoms with van der Waals surface area (Å²) in [5, 5.41) is 5.72. The molecule has 0 fully saturated rings. The number of benzene rings is 2. The third-order valence-corrected chi connectivity index (χ3v) is 4.35. The lowest BCUT2D eigenvalue weighted by atomic mass is 10.1. The van der Waals surface area contributed by atoms with Gasteiger partial charge in [0.2, 0.25) is 0 Å². The normalized spacial score (nSPS) is 15.1. The number of fused-ring (bicyclic) bond motifs is 1. The highest BCUT2D eigenvalue weighted by Gasteiger charge is 2.24. The number of rotatable bonds is 4. The molecule has 0 saturated carbocycles. The molecule has 1 aliphatic carbocycles. The minimum atomic E-state index is -0.308. The molecule has 27 heavy (non-hydrogen) atoms. The zero-order valence-corrected chi connectivity index (χ0v) is 14.4. The van der Waals surface area contributed by atoms with Gasteiger partial charge in [-0.15, -0.1) is 0 Å². The second-order valence-electron chi connectivity index (χ2n) is 6.19. The maximum Gasteiger partial charge on any atom is 0.321 e. The summed E-state index contributed by atoms with van der Waals surface area (Å²) < 4.78 is 18.8. The van der Waals surface area contributed by atoms with Crippen molar-refractivity contribution in [3.05, 3.63) is 77.9 Å². The van der Waals surface area contributed by atoms with E-state index in [-0.39, 0.29) is 23.9 Å². The van der Waals surface area contributed by atoms with Crippen molar-refractivity contribution < 1.29 is 13.9 Å². The van der Waals surface area contributed by atoms with Crippen LogP contribution in [0.5, 0.6) is 11.8 Å². The quantitative estimate of drug-likeness (QED) is 0.727. The Morgan fingerprint density at radius 3 is 2.67 bits per heavy atom. The molecule has 1 heterocycles. The molecule has 0 radical (unpaired) electrons. The Bertz CT molecular complexity index is 948. The van der Waals surface area contributed by atoms with E-state index in [1.165, 1.54) is 12.1 Å². The average Bonchev–Trinajstić information content (AvgIpc) is 3.06. The van der Waals surface area contributed by atoms with E-state index in [9.17, 15) is 9.18 Å². The first-order chi connectivity index (χ1) is 13.2. The van der Waals surface area contributed by atoms with Crippen LogP contribution in [0, 0.1) is 5.82 Å². The lowest BCUT2D eigenvalue weighted by Crippen LogP contribution is -2.31. The predicted octanol–water partition coefficient (Wildman–Crippen LogP) is 4.22. The molecule has 1 aliphatic rings. The maximum absolute atomic E-state index is 13.3. The molecule has 7 heteroatoms. The fourth-order valence-electron chi connectivity index (χ4n) is 3.11. The molecule has 1 unspecified atom stereocenters. The monoisotopic (exact) mass is 364 g/mol. The molecule has 2 aromatic carbocycles. The number of aryl methyl sites for hydroxylation is 1. The Hall–Kier alpha value is -3.48. The van der Waals surface area contributed by atoms with Crippen molar-refractivity contribution in [1.82, 2.24) is 15.3 Å². The highest BCUT2D eigenvalue weighted by atomic mass is 19.1. The molecule has 3 aromatic rings. The van der Waals surface area contributed by atoms with Crippen LogP contribution in [0.4, 0.5) is 14.9 Å². The number of aromatic nitrogens is 2. The van der Waals surface area contributed by atoms with Crippen LogP contribution in [0.25, 0.3) is 0 Å². The fraction of sp³-hybridized carbons (Fsp3) is 0.150. The van der Waals surface area contributed by atoms with Crippen molar-refractivity contribution >= 4 is 11.7 Å². The van der Waals surface area contributed by atoms with Gasteiger partial charge in [-0.1, -0.05) is 6.07 Å². The van der Waals surface area contributed by atoms with Crippen LogP contribution in [0.1, 0.15) is 23.6 Å². The van der Waals surface area contributed by atoms with Gasteiger partial charge in [0.1, 0.15) is 11.6 Å². The SMILES string of the molecule is O=C(Nc1ccc(Oc2ncccn2)cc1)NC1CCc2cc(F)ccc21. The summed E-state index contributed by atoms with van der Waals surface area (Å²) in [6, 6.07) is 13.1. The highest BCUT2D eigenvalue weighted by Crippen LogP contribution is 2.31. The van der Waals surface area contributed by atoms with Gasteiger partial charge in [0, 0.05) is 18.1 Å². The summed E-state index contributed by atoms with van der Waals surface area (Å²) >= 11 is 0. The van der Waals surface area contributed by atoms with E-state index in [2.05, 4.69) is 20.6 Å². The first kappa shape index (κ1) is 17.0. The third-order valence-electron chi connectivity index (χ3n) is 4.35. The molecule has 6 nitrogen and oxygen atoms in total. The number of halogens is 1. The van der Waals surface area contributed by atoms with Crippen molar-refractivity contribution in [2.45, 2.75) is 18.9 Å². The van der Waals surface area contributed by atoms with Gasteiger partial charge in [0.05, 0.1) is 6.04 Å². The first-order valence-corrected chi connectivity index (χ1v) is 8.58. The molecule has 2 N–H and O–H groups in total. The molecule has 0 saturated heterocycles. The summed E-state index contributed by atoms with van der Waals surface area (Å²) in [6.07, 6.45) is 4.71. The van der Waals surface area contributed by atoms with Crippen molar-refractivity contribution in [2.75, 3.05) is 5.32 Å². The van der Waals surface area contributed by atoms with Crippen molar-refractivity contribution in [3.63, 3.8) is 0 Å². The number of amides is 2. The summed E-state index contributed by atoms with van der Waals surface area (Å²) in [4.78, 5) is 20.3. The Labute approximate surface area is 155 Å². The van der Waals surface area contributed by atoms with Crippen LogP contribution in [-0.2, 0) is 6.42 Å². The van der Waals surface area contributed by atoms with Crippen molar-refractivity contribution in [1.29, 1.82) is 0 Å². The largest absolute Gasteiger partial charge is 0.424 e. The van der Waals surface area contributed by atoms with Crippen LogP contribution in [0.3, 0.4) is 0 Å². The van der Waals surface area contributed by atoms with Gasteiger partial charge in [0.25, 0.3) is 0 Å². The lowest BCUT2D eigenvalue weighted by molar-refractivity contribution is 0.248. The summed E-state index contributed by atoms with van der Waals surface area (Å²) in [5.41, 5.74) is 2.55. The Kier molecular flexibility index (Phi) is 4.65. The van der Waals surface area contributed by atoms with E-state index < -0.39 is 0 Å². The Balaban J connectivity index is 1.35. The number of carbonyl (C=O) groups excluding carboxylic acids is 1. The van der Waals surface area contributed by atoms with E-state index in [4.69, 9.17) is 4.74 Å².